The average Bonchev–Trinajstić information content (AvgIpc) is 2.57. The molecule has 0 aliphatic carbocycles. The van der Waals surface area contributed by atoms with Gasteiger partial charge in [-0.25, -0.2) is 9.82 Å². The molecule has 1 atom stereocenters. The van der Waals surface area contributed by atoms with Crippen LogP contribution in [-0.2, 0) is 4.79 Å². The first-order valence-corrected chi connectivity index (χ1v) is 7.08. The summed E-state index contributed by atoms with van der Waals surface area (Å²) in [5, 5.41) is 6.89. The summed E-state index contributed by atoms with van der Waals surface area (Å²) in [6.45, 7) is 1.69. The Balaban J connectivity index is 1.90. The number of nitrogens with zero attached hydrogens (tertiary/aromatic N) is 1. The number of benzene rings is 2. The van der Waals surface area contributed by atoms with Crippen LogP contribution in [0.1, 0.15) is 12.5 Å². The van der Waals surface area contributed by atoms with Gasteiger partial charge in [-0.2, -0.15) is 5.10 Å². The number of para-hydroxylation sites is 1. The lowest BCUT2D eigenvalue weighted by Crippen LogP contribution is -2.34. The maximum absolute atomic E-state index is 12.8. The van der Waals surface area contributed by atoms with Gasteiger partial charge in [0.05, 0.1) is 13.3 Å². The van der Waals surface area contributed by atoms with E-state index < -0.39 is 6.04 Å². The highest BCUT2D eigenvalue weighted by Gasteiger charge is 2.11. The van der Waals surface area contributed by atoms with Gasteiger partial charge in [-0.05, 0) is 43.3 Å². The van der Waals surface area contributed by atoms with Crippen molar-refractivity contribution in [3.8, 4) is 5.75 Å². The maximum atomic E-state index is 12.8. The number of hydrogen-bond acceptors (Lipinski definition) is 4. The lowest BCUT2D eigenvalue weighted by molar-refractivity contribution is -0.121. The van der Waals surface area contributed by atoms with Gasteiger partial charge in [0.15, 0.2) is 0 Å². The van der Waals surface area contributed by atoms with Gasteiger partial charge in [-0.15, -0.1) is 0 Å². The van der Waals surface area contributed by atoms with Crippen LogP contribution in [0.5, 0.6) is 5.75 Å². The molecular weight excluding hydrogens is 297 g/mol. The second-order valence-corrected chi connectivity index (χ2v) is 4.85. The van der Waals surface area contributed by atoms with Crippen molar-refractivity contribution in [2.45, 2.75) is 13.0 Å². The number of halogens is 1. The van der Waals surface area contributed by atoms with E-state index >= 15 is 0 Å². The molecule has 23 heavy (non-hydrogen) atoms. The van der Waals surface area contributed by atoms with Crippen molar-refractivity contribution >= 4 is 17.8 Å². The standard InChI is InChI=1S/C17H18FN3O2/c1-12(20-15-9-7-14(18)8-10-15)17(22)21-19-11-13-5-3-4-6-16(13)23-2/h3-12,20H,1-2H3,(H,21,22). The Labute approximate surface area is 134 Å². The lowest BCUT2D eigenvalue weighted by atomic mass is 10.2. The third-order valence-electron chi connectivity index (χ3n) is 3.14. The number of nitrogens with one attached hydrogen (secondary N) is 2. The summed E-state index contributed by atoms with van der Waals surface area (Å²) < 4.78 is 18.0. The number of methoxy groups -OCH3 is 1. The zero-order chi connectivity index (χ0) is 16.7. The van der Waals surface area contributed by atoms with Crippen LogP contribution >= 0.6 is 0 Å². The number of carbonyl (C=O) groups excluding carboxylic acids is 1. The van der Waals surface area contributed by atoms with E-state index in [9.17, 15) is 9.18 Å². The summed E-state index contributed by atoms with van der Waals surface area (Å²) in [5.41, 5.74) is 3.87. The van der Waals surface area contributed by atoms with Gasteiger partial charge in [0.25, 0.3) is 5.91 Å². The van der Waals surface area contributed by atoms with Crippen molar-refractivity contribution in [2.75, 3.05) is 12.4 Å². The first-order valence-electron chi connectivity index (χ1n) is 7.08. The predicted octanol–water partition coefficient (Wildman–Crippen LogP) is 2.79. The zero-order valence-corrected chi connectivity index (χ0v) is 12.9. The van der Waals surface area contributed by atoms with Gasteiger partial charge in [0.2, 0.25) is 0 Å². The van der Waals surface area contributed by atoms with E-state index in [1.165, 1.54) is 18.3 Å². The topological polar surface area (TPSA) is 62.7 Å². The van der Waals surface area contributed by atoms with E-state index in [-0.39, 0.29) is 11.7 Å². The minimum atomic E-state index is -0.518. The Hall–Kier alpha value is -2.89. The molecule has 0 fully saturated rings. The molecular formula is C17H18FN3O2. The zero-order valence-electron chi connectivity index (χ0n) is 12.9. The van der Waals surface area contributed by atoms with E-state index in [1.807, 2.05) is 24.3 Å². The highest BCUT2D eigenvalue weighted by molar-refractivity contribution is 5.87. The van der Waals surface area contributed by atoms with Crippen LogP contribution in [0.15, 0.2) is 53.6 Å². The minimum absolute atomic E-state index is 0.305. The Morgan fingerprint density at radius 3 is 2.61 bits per heavy atom. The van der Waals surface area contributed by atoms with Crippen LogP contribution < -0.4 is 15.5 Å². The summed E-state index contributed by atoms with van der Waals surface area (Å²) in [4.78, 5) is 12.0. The molecule has 0 radical (unpaired) electrons. The summed E-state index contributed by atoms with van der Waals surface area (Å²) in [7, 11) is 1.57. The van der Waals surface area contributed by atoms with E-state index in [0.29, 0.717) is 11.4 Å². The van der Waals surface area contributed by atoms with E-state index in [4.69, 9.17) is 4.74 Å². The van der Waals surface area contributed by atoms with E-state index in [1.54, 1.807) is 26.2 Å². The Kier molecular flexibility index (Phi) is 5.68. The molecule has 120 valence electrons. The smallest absolute Gasteiger partial charge is 0.262 e. The van der Waals surface area contributed by atoms with Crippen LogP contribution in [0.3, 0.4) is 0 Å². The SMILES string of the molecule is COc1ccccc1C=NNC(=O)C(C)Nc1ccc(F)cc1. The third-order valence-corrected chi connectivity index (χ3v) is 3.14. The molecule has 0 aliphatic rings. The van der Waals surface area contributed by atoms with Crippen molar-refractivity contribution < 1.29 is 13.9 Å². The van der Waals surface area contributed by atoms with Crippen molar-refractivity contribution in [1.82, 2.24) is 5.43 Å². The summed E-state index contributed by atoms with van der Waals surface area (Å²) >= 11 is 0. The molecule has 0 bridgehead atoms. The molecule has 6 heteroatoms. The van der Waals surface area contributed by atoms with Crippen LogP contribution in [0.4, 0.5) is 10.1 Å². The van der Waals surface area contributed by atoms with Gasteiger partial charge in [-0.1, -0.05) is 12.1 Å². The monoisotopic (exact) mass is 315 g/mol. The predicted molar refractivity (Wildman–Crippen MR) is 88.2 cm³/mol. The average molecular weight is 315 g/mol. The largest absolute Gasteiger partial charge is 0.496 e. The second-order valence-electron chi connectivity index (χ2n) is 4.85. The molecule has 0 saturated carbocycles. The number of ether oxygens (including phenoxy) is 1. The maximum Gasteiger partial charge on any atom is 0.262 e. The molecule has 1 unspecified atom stereocenters. The quantitative estimate of drug-likeness (QED) is 0.636. The van der Waals surface area contributed by atoms with Crippen molar-refractivity contribution in [3.05, 3.63) is 59.9 Å². The Bertz CT molecular complexity index is 686. The van der Waals surface area contributed by atoms with Crippen molar-refractivity contribution in [3.63, 3.8) is 0 Å². The molecule has 0 aliphatic heterocycles. The van der Waals surface area contributed by atoms with Crippen LogP contribution in [-0.4, -0.2) is 25.3 Å². The fraction of sp³-hybridized carbons (Fsp3) is 0.176. The Morgan fingerprint density at radius 1 is 1.22 bits per heavy atom. The van der Waals surface area contributed by atoms with Crippen LogP contribution in [0, 0.1) is 5.82 Å². The second kappa shape index (κ2) is 7.93. The molecule has 2 rings (SSSR count). The number of hydrazone groups is 1. The number of rotatable bonds is 6. The number of amides is 1. The summed E-state index contributed by atoms with van der Waals surface area (Å²) in [6.07, 6.45) is 1.52. The van der Waals surface area contributed by atoms with Crippen molar-refractivity contribution in [1.29, 1.82) is 0 Å². The van der Waals surface area contributed by atoms with Gasteiger partial charge in [0, 0.05) is 11.3 Å². The van der Waals surface area contributed by atoms with Crippen LogP contribution in [0.25, 0.3) is 0 Å². The van der Waals surface area contributed by atoms with Gasteiger partial charge >= 0.3 is 0 Å². The van der Waals surface area contributed by atoms with Crippen molar-refractivity contribution in [2.24, 2.45) is 5.10 Å². The summed E-state index contributed by atoms with van der Waals surface area (Å²) in [5.74, 6) is 0.0394. The van der Waals surface area contributed by atoms with Gasteiger partial charge < -0.3 is 10.1 Å². The fourth-order valence-electron chi connectivity index (χ4n) is 1.90. The normalized spacial score (nSPS) is 12.0. The molecule has 2 aromatic rings. The first kappa shape index (κ1) is 16.5. The van der Waals surface area contributed by atoms with Gasteiger partial charge in [-0.3, -0.25) is 4.79 Å². The highest BCUT2D eigenvalue weighted by Crippen LogP contribution is 2.14. The minimum Gasteiger partial charge on any atom is -0.496 e. The van der Waals surface area contributed by atoms with Crippen LogP contribution in [0.2, 0.25) is 0 Å². The Morgan fingerprint density at radius 2 is 1.91 bits per heavy atom. The molecule has 1 amide bonds. The molecule has 2 N–H and O–H groups in total. The van der Waals surface area contributed by atoms with E-state index in [0.717, 1.165) is 5.56 Å². The lowest BCUT2D eigenvalue weighted by Gasteiger charge is -2.13. The molecule has 0 aromatic heterocycles. The number of hydrogen-bond donors (Lipinski definition) is 2. The van der Waals surface area contributed by atoms with Gasteiger partial charge in [0.1, 0.15) is 17.6 Å². The molecule has 0 heterocycles. The molecule has 0 spiro atoms. The molecule has 5 nitrogen and oxygen atoms in total. The summed E-state index contributed by atoms with van der Waals surface area (Å²) in [6, 6.07) is 12.6. The number of anilines is 1. The van der Waals surface area contributed by atoms with E-state index in [2.05, 4.69) is 15.8 Å². The third kappa shape index (κ3) is 4.81. The highest BCUT2D eigenvalue weighted by atomic mass is 19.1. The fourth-order valence-corrected chi connectivity index (χ4v) is 1.90. The number of carbonyl (C=O) groups is 1. The molecule has 2 aromatic carbocycles. The first-order chi connectivity index (χ1) is 11.1. The molecule has 0 saturated heterocycles.